The number of anilines is 1. The first-order valence-corrected chi connectivity index (χ1v) is 6.26. The second kappa shape index (κ2) is 3.68. The van der Waals surface area contributed by atoms with E-state index in [9.17, 15) is 0 Å². The van der Waals surface area contributed by atoms with E-state index in [2.05, 4.69) is 21.9 Å². The van der Waals surface area contributed by atoms with Gasteiger partial charge in [0.1, 0.15) is 11.6 Å². The summed E-state index contributed by atoms with van der Waals surface area (Å²) >= 11 is 0. The van der Waals surface area contributed by atoms with Crippen LogP contribution >= 0.6 is 0 Å². The molecule has 0 spiro atoms. The Labute approximate surface area is 95.7 Å². The predicted molar refractivity (Wildman–Crippen MR) is 61.8 cm³/mol. The Hall–Kier alpha value is -1.19. The molecule has 2 aliphatic carbocycles. The number of nitrogen functional groups attached to an aromatic ring is 1. The van der Waals surface area contributed by atoms with Crippen molar-refractivity contribution in [1.82, 2.24) is 15.0 Å². The van der Waals surface area contributed by atoms with Crippen molar-refractivity contribution in [2.24, 2.45) is 11.8 Å². The number of aromatic nitrogens is 3. The lowest BCUT2D eigenvalue weighted by molar-refractivity contribution is 0.404. The van der Waals surface area contributed by atoms with Gasteiger partial charge in [0.15, 0.2) is 0 Å². The van der Waals surface area contributed by atoms with Gasteiger partial charge in [-0.05, 0) is 31.1 Å². The van der Waals surface area contributed by atoms with Crippen LogP contribution in [0, 0.1) is 11.8 Å². The van der Waals surface area contributed by atoms with Gasteiger partial charge in [-0.15, -0.1) is 0 Å². The Morgan fingerprint density at radius 1 is 1.19 bits per heavy atom. The van der Waals surface area contributed by atoms with Crippen molar-refractivity contribution in [3.63, 3.8) is 0 Å². The quantitative estimate of drug-likeness (QED) is 0.823. The van der Waals surface area contributed by atoms with E-state index in [4.69, 9.17) is 5.73 Å². The topological polar surface area (TPSA) is 64.7 Å². The summed E-state index contributed by atoms with van der Waals surface area (Å²) in [5, 5.41) is 0. The van der Waals surface area contributed by atoms with Crippen LogP contribution in [0.25, 0.3) is 0 Å². The van der Waals surface area contributed by atoms with Crippen molar-refractivity contribution in [3.05, 3.63) is 11.6 Å². The summed E-state index contributed by atoms with van der Waals surface area (Å²) in [6.45, 7) is 2.05. The van der Waals surface area contributed by atoms with Gasteiger partial charge in [-0.25, -0.2) is 4.98 Å². The maximum Gasteiger partial charge on any atom is 0.223 e. The molecule has 4 heteroatoms. The lowest BCUT2D eigenvalue weighted by atomic mass is 9.88. The molecule has 0 aromatic carbocycles. The van der Waals surface area contributed by atoms with E-state index < -0.39 is 0 Å². The molecule has 3 atom stereocenters. The van der Waals surface area contributed by atoms with Gasteiger partial charge in [0.2, 0.25) is 5.95 Å². The van der Waals surface area contributed by atoms with Gasteiger partial charge < -0.3 is 5.73 Å². The van der Waals surface area contributed by atoms with Crippen LogP contribution in [0.1, 0.15) is 50.2 Å². The fourth-order valence-electron chi connectivity index (χ4n) is 3.34. The Bertz CT molecular complexity index is 404. The monoisotopic (exact) mass is 218 g/mol. The van der Waals surface area contributed by atoms with Crippen LogP contribution in [0.5, 0.6) is 0 Å². The minimum atomic E-state index is 0.393. The van der Waals surface area contributed by atoms with E-state index in [0.29, 0.717) is 11.9 Å². The molecular weight excluding hydrogens is 200 g/mol. The van der Waals surface area contributed by atoms with E-state index in [1.807, 2.05) is 0 Å². The van der Waals surface area contributed by atoms with Crippen LogP contribution in [0.15, 0.2) is 0 Å². The van der Waals surface area contributed by atoms with E-state index in [1.54, 1.807) is 0 Å². The first kappa shape index (κ1) is 10.00. The summed E-state index contributed by atoms with van der Waals surface area (Å²) in [5.74, 6) is 4.45. The highest BCUT2D eigenvalue weighted by Crippen LogP contribution is 2.52. The third-order valence-corrected chi connectivity index (χ3v) is 4.10. The van der Waals surface area contributed by atoms with E-state index in [-0.39, 0.29) is 0 Å². The number of fused-ring (bicyclic) bond motifs is 2. The summed E-state index contributed by atoms with van der Waals surface area (Å²) in [5.41, 5.74) is 5.74. The molecule has 0 aliphatic heterocycles. The predicted octanol–water partition coefficient (Wildman–Crippen LogP) is 1.92. The average Bonchev–Trinajstić information content (AvgIpc) is 2.89. The van der Waals surface area contributed by atoms with Gasteiger partial charge in [0.25, 0.3) is 0 Å². The fourth-order valence-corrected chi connectivity index (χ4v) is 3.34. The zero-order chi connectivity index (χ0) is 11.1. The molecule has 2 N–H and O–H groups in total. The highest BCUT2D eigenvalue weighted by Gasteiger charge is 2.41. The molecule has 0 radical (unpaired) electrons. The smallest absolute Gasteiger partial charge is 0.223 e. The van der Waals surface area contributed by atoms with Gasteiger partial charge in [0, 0.05) is 12.3 Å². The van der Waals surface area contributed by atoms with Crippen molar-refractivity contribution in [2.45, 2.75) is 44.9 Å². The van der Waals surface area contributed by atoms with E-state index in [1.165, 1.54) is 25.7 Å². The summed E-state index contributed by atoms with van der Waals surface area (Å²) in [7, 11) is 0. The molecule has 86 valence electrons. The van der Waals surface area contributed by atoms with Crippen molar-refractivity contribution in [2.75, 3.05) is 5.73 Å². The number of hydrogen-bond acceptors (Lipinski definition) is 4. The van der Waals surface area contributed by atoms with Crippen LogP contribution in [0.3, 0.4) is 0 Å². The molecule has 2 fully saturated rings. The number of nitrogens with zero attached hydrogens (tertiary/aromatic N) is 3. The average molecular weight is 218 g/mol. The van der Waals surface area contributed by atoms with Crippen molar-refractivity contribution >= 4 is 5.95 Å². The van der Waals surface area contributed by atoms with Gasteiger partial charge in [-0.3, -0.25) is 0 Å². The van der Waals surface area contributed by atoms with Gasteiger partial charge in [-0.2, -0.15) is 9.97 Å². The second-order valence-electron chi connectivity index (χ2n) is 5.10. The molecule has 3 unspecified atom stereocenters. The number of hydrogen-bond donors (Lipinski definition) is 1. The SMILES string of the molecule is CCc1nc(N)nc(C2CC3CCC2C3)n1. The summed E-state index contributed by atoms with van der Waals surface area (Å²) in [6.07, 6.45) is 6.22. The molecule has 1 heterocycles. The lowest BCUT2D eigenvalue weighted by Crippen LogP contribution is -2.15. The molecule has 1 aromatic heterocycles. The molecule has 2 bridgehead atoms. The third-order valence-electron chi connectivity index (χ3n) is 4.10. The Morgan fingerprint density at radius 2 is 2.06 bits per heavy atom. The van der Waals surface area contributed by atoms with Crippen LogP contribution in [0.2, 0.25) is 0 Å². The molecule has 16 heavy (non-hydrogen) atoms. The third kappa shape index (κ3) is 1.56. The molecular formula is C12H18N4. The van der Waals surface area contributed by atoms with Crippen LogP contribution in [-0.4, -0.2) is 15.0 Å². The molecule has 4 nitrogen and oxygen atoms in total. The summed E-state index contributed by atoms with van der Waals surface area (Å²) in [6, 6.07) is 0. The molecule has 2 saturated carbocycles. The maximum absolute atomic E-state index is 5.74. The number of nitrogens with two attached hydrogens (primary N) is 1. The number of aryl methyl sites for hydroxylation is 1. The normalized spacial score (nSPS) is 32.2. The van der Waals surface area contributed by atoms with Crippen molar-refractivity contribution in [3.8, 4) is 0 Å². The van der Waals surface area contributed by atoms with E-state index >= 15 is 0 Å². The molecule has 1 aromatic rings. The van der Waals surface area contributed by atoms with Gasteiger partial charge in [0.05, 0.1) is 0 Å². The minimum absolute atomic E-state index is 0.393. The van der Waals surface area contributed by atoms with Gasteiger partial charge >= 0.3 is 0 Å². The Balaban J connectivity index is 1.91. The maximum atomic E-state index is 5.74. The first-order valence-electron chi connectivity index (χ1n) is 6.26. The highest BCUT2D eigenvalue weighted by molar-refractivity contribution is 5.19. The fraction of sp³-hybridized carbons (Fsp3) is 0.750. The highest BCUT2D eigenvalue weighted by atomic mass is 15.1. The standard InChI is InChI=1S/C12H18N4/c1-2-10-14-11(16-12(13)15-10)9-6-7-3-4-8(9)5-7/h7-9H,2-6H2,1H3,(H2,13,14,15,16). The van der Waals surface area contributed by atoms with Crippen molar-refractivity contribution in [1.29, 1.82) is 0 Å². The van der Waals surface area contributed by atoms with Crippen molar-refractivity contribution < 1.29 is 0 Å². The minimum Gasteiger partial charge on any atom is -0.368 e. The lowest BCUT2D eigenvalue weighted by Gasteiger charge is -2.20. The second-order valence-corrected chi connectivity index (χ2v) is 5.10. The first-order chi connectivity index (χ1) is 7.76. The van der Waals surface area contributed by atoms with E-state index in [0.717, 1.165) is 29.9 Å². The summed E-state index contributed by atoms with van der Waals surface area (Å²) in [4.78, 5) is 13.0. The molecule has 0 amide bonds. The van der Waals surface area contributed by atoms with Crippen LogP contribution in [0.4, 0.5) is 5.95 Å². The Kier molecular flexibility index (Phi) is 2.30. The zero-order valence-electron chi connectivity index (χ0n) is 9.69. The largest absolute Gasteiger partial charge is 0.368 e. The molecule has 2 aliphatic rings. The Morgan fingerprint density at radius 3 is 2.69 bits per heavy atom. The molecule has 3 rings (SSSR count). The molecule has 0 saturated heterocycles. The van der Waals surface area contributed by atoms with Crippen LogP contribution in [-0.2, 0) is 6.42 Å². The zero-order valence-corrected chi connectivity index (χ0v) is 9.69. The van der Waals surface area contributed by atoms with Crippen LogP contribution < -0.4 is 5.73 Å². The van der Waals surface area contributed by atoms with Gasteiger partial charge in [-0.1, -0.05) is 13.3 Å². The number of rotatable bonds is 2. The summed E-state index contributed by atoms with van der Waals surface area (Å²) < 4.78 is 0.